The van der Waals surface area contributed by atoms with Gasteiger partial charge in [-0.3, -0.25) is 4.79 Å². The van der Waals surface area contributed by atoms with Crippen LogP contribution in [-0.4, -0.2) is 18.5 Å². The zero-order valence-electron chi connectivity index (χ0n) is 14.3. The molecular formula is C19H27N2OS2+. The molecular weight excluding hydrogens is 336 g/mol. The van der Waals surface area contributed by atoms with Crippen LogP contribution in [0.4, 0.5) is 0 Å². The highest BCUT2D eigenvalue weighted by molar-refractivity contribution is 7.10. The van der Waals surface area contributed by atoms with Gasteiger partial charge in [-0.05, 0) is 41.7 Å². The number of carbonyl (C=O) groups is 1. The van der Waals surface area contributed by atoms with Gasteiger partial charge in [-0.1, -0.05) is 31.9 Å². The molecule has 2 N–H and O–H groups in total. The van der Waals surface area contributed by atoms with Gasteiger partial charge in [-0.15, -0.1) is 22.7 Å². The van der Waals surface area contributed by atoms with Crippen LogP contribution in [0.15, 0.2) is 35.0 Å². The molecule has 0 aromatic carbocycles. The fourth-order valence-corrected chi connectivity index (χ4v) is 5.08. The van der Waals surface area contributed by atoms with Crippen molar-refractivity contribution in [2.24, 2.45) is 5.92 Å². The van der Waals surface area contributed by atoms with Gasteiger partial charge in [-0.2, -0.15) is 0 Å². The van der Waals surface area contributed by atoms with E-state index in [0.717, 1.165) is 19.5 Å². The molecule has 0 spiro atoms. The van der Waals surface area contributed by atoms with Gasteiger partial charge in [0.1, 0.15) is 13.1 Å². The minimum Gasteiger partial charge on any atom is -0.348 e. The first-order valence-corrected chi connectivity index (χ1v) is 10.6. The van der Waals surface area contributed by atoms with E-state index in [9.17, 15) is 4.79 Å². The Hall–Kier alpha value is -1.17. The minimum absolute atomic E-state index is 0.205. The molecule has 130 valence electrons. The first-order valence-electron chi connectivity index (χ1n) is 8.88. The Morgan fingerprint density at radius 2 is 1.75 bits per heavy atom. The molecule has 0 bridgehead atoms. The number of quaternary nitrogens is 1. The average molecular weight is 364 g/mol. The fourth-order valence-electron chi connectivity index (χ4n) is 3.52. The van der Waals surface area contributed by atoms with E-state index in [1.807, 2.05) is 0 Å². The molecule has 2 aromatic heterocycles. The lowest BCUT2D eigenvalue weighted by molar-refractivity contribution is -0.919. The van der Waals surface area contributed by atoms with E-state index in [-0.39, 0.29) is 5.91 Å². The highest BCUT2D eigenvalue weighted by Gasteiger charge is 2.25. The summed E-state index contributed by atoms with van der Waals surface area (Å²) in [5, 5.41) is 7.53. The van der Waals surface area contributed by atoms with Crippen molar-refractivity contribution in [1.29, 1.82) is 0 Å². The first-order chi connectivity index (χ1) is 11.7. The lowest BCUT2D eigenvalue weighted by Crippen LogP contribution is -3.10. The van der Waals surface area contributed by atoms with Gasteiger partial charge in [0.15, 0.2) is 6.54 Å². The smallest absolute Gasteiger partial charge is 0.275 e. The minimum atomic E-state index is 0.205. The van der Waals surface area contributed by atoms with Crippen LogP contribution >= 0.6 is 22.7 Å². The quantitative estimate of drug-likeness (QED) is 0.779. The second-order valence-electron chi connectivity index (χ2n) is 6.87. The third kappa shape index (κ3) is 5.16. The van der Waals surface area contributed by atoms with Crippen molar-refractivity contribution in [2.45, 2.75) is 51.7 Å². The normalized spacial score (nSPS) is 21.1. The summed E-state index contributed by atoms with van der Waals surface area (Å²) in [5.74, 6) is 0.817. The van der Waals surface area contributed by atoms with Crippen LogP contribution < -0.4 is 10.2 Å². The Balaban J connectivity index is 1.58. The summed E-state index contributed by atoms with van der Waals surface area (Å²) in [6.07, 6.45) is 4.93. The number of hydrogen-bond donors (Lipinski definition) is 2. The Labute approximate surface area is 152 Å². The molecule has 0 aliphatic heterocycles. The van der Waals surface area contributed by atoms with Crippen molar-refractivity contribution in [3.05, 3.63) is 44.8 Å². The fraction of sp³-hybridized carbons (Fsp3) is 0.526. The zero-order chi connectivity index (χ0) is 16.8. The molecule has 1 saturated carbocycles. The van der Waals surface area contributed by atoms with Crippen molar-refractivity contribution in [3.8, 4) is 0 Å². The highest BCUT2D eigenvalue weighted by Crippen LogP contribution is 2.23. The summed E-state index contributed by atoms with van der Waals surface area (Å²) in [7, 11) is 0. The summed E-state index contributed by atoms with van der Waals surface area (Å²) < 4.78 is 0. The van der Waals surface area contributed by atoms with Crippen LogP contribution in [-0.2, 0) is 17.9 Å². The van der Waals surface area contributed by atoms with Gasteiger partial charge >= 0.3 is 0 Å². The van der Waals surface area contributed by atoms with Gasteiger partial charge in [0.25, 0.3) is 5.91 Å². The number of nitrogens with one attached hydrogen (secondary N) is 2. The van der Waals surface area contributed by atoms with Gasteiger partial charge in [0.2, 0.25) is 0 Å². The number of carbonyl (C=O) groups excluding carboxylic acids is 1. The predicted molar refractivity (Wildman–Crippen MR) is 101 cm³/mol. The van der Waals surface area contributed by atoms with Gasteiger partial charge in [0, 0.05) is 6.04 Å². The van der Waals surface area contributed by atoms with Crippen molar-refractivity contribution in [1.82, 2.24) is 5.32 Å². The molecule has 3 rings (SSSR count). The van der Waals surface area contributed by atoms with Crippen LogP contribution in [0.3, 0.4) is 0 Å². The molecule has 1 aliphatic carbocycles. The monoisotopic (exact) mass is 363 g/mol. The summed E-state index contributed by atoms with van der Waals surface area (Å²) in [6, 6.07) is 8.88. The van der Waals surface area contributed by atoms with E-state index in [1.54, 1.807) is 22.7 Å². The topological polar surface area (TPSA) is 33.5 Å². The van der Waals surface area contributed by atoms with E-state index in [4.69, 9.17) is 0 Å². The van der Waals surface area contributed by atoms with Crippen LogP contribution in [0, 0.1) is 5.92 Å². The Morgan fingerprint density at radius 1 is 1.12 bits per heavy atom. The van der Waals surface area contributed by atoms with Crippen molar-refractivity contribution in [2.75, 3.05) is 6.54 Å². The third-order valence-electron chi connectivity index (χ3n) is 4.88. The standard InChI is InChI=1S/C19H26N2OS2/c1-15-6-2-3-9-18(15)20-19(22)14-21(12-16-7-4-10-23-16)13-17-8-5-11-24-17/h4-5,7-8,10-11,15,18H,2-3,6,9,12-14H2,1H3,(H,20,22)/p+1/t15-,18+/m0/s1. The van der Waals surface area contributed by atoms with Crippen LogP contribution in [0.2, 0.25) is 0 Å². The average Bonchev–Trinajstić information content (AvgIpc) is 3.23. The number of rotatable bonds is 7. The summed E-state index contributed by atoms with van der Waals surface area (Å²) in [5.41, 5.74) is 0. The molecule has 0 unspecified atom stereocenters. The molecule has 0 saturated heterocycles. The van der Waals surface area contributed by atoms with E-state index in [1.165, 1.54) is 33.9 Å². The molecule has 1 aliphatic rings. The molecule has 2 heterocycles. The maximum absolute atomic E-state index is 12.6. The molecule has 5 heteroatoms. The Morgan fingerprint density at radius 3 is 2.29 bits per heavy atom. The van der Waals surface area contributed by atoms with Crippen molar-refractivity contribution in [3.63, 3.8) is 0 Å². The molecule has 1 fully saturated rings. The Bertz CT molecular complexity index is 573. The largest absolute Gasteiger partial charge is 0.348 e. The molecule has 2 atom stereocenters. The molecule has 1 amide bonds. The third-order valence-corrected chi connectivity index (χ3v) is 6.63. The Kier molecular flexibility index (Phi) is 6.46. The summed E-state index contributed by atoms with van der Waals surface area (Å²) in [6.45, 7) is 4.66. The van der Waals surface area contributed by atoms with E-state index < -0.39 is 0 Å². The van der Waals surface area contributed by atoms with E-state index in [2.05, 4.69) is 47.3 Å². The second-order valence-corrected chi connectivity index (χ2v) is 8.94. The molecule has 0 radical (unpaired) electrons. The van der Waals surface area contributed by atoms with Crippen LogP contribution in [0.25, 0.3) is 0 Å². The van der Waals surface area contributed by atoms with Crippen LogP contribution in [0.5, 0.6) is 0 Å². The zero-order valence-corrected chi connectivity index (χ0v) is 15.9. The van der Waals surface area contributed by atoms with Crippen LogP contribution in [0.1, 0.15) is 42.4 Å². The van der Waals surface area contributed by atoms with Gasteiger partial charge in [0.05, 0.1) is 9.75 Å². The SMILES string of the molecule is C[C@H]1CCCC[C@H]1NC(=O)C[NH+](Cc1cccs1)Cc1cccs1. The highest BCUT2D eigenvalue weighted by atomic mass is 32.1. The van der Waals surface area contributed by atoms with Gasteiger partial charge in [-0.25, -0.2) is 0 Å². The molecule has 2 aromatic rings. The lowest BCUT2D eigenvalue weighted by atomic mass is 9.86. The molecule has 24 heavy (non-hydrogen) atoms. The lowest BCUT2D eigenvalue weighted by Gasteiger charge is -2.30. The van der Waals surface area contributed by atoms with E-state index >= 15 is 0 Å². The summed E-state index contributed by atoms with van der Waals surface area (Å²) >= 11 is 3.56. The molecule has 3 nitrogen and oxygen atoms in total. The number of amides is 1. The van der Waals surface area contributed by atoms with Crippen molar-refractivity contribution >= 4 is 28.6 Å². The maximum atomic E-state index is 12.6. The van der Waals surface area contributed by atoms with Crippen molar-refractivity contribution < 1.29 is 9.69 Å². The predicted octanol–water partition coefficient (Wildman–Crippen LogP) is 3.09. The summed E-state index contributed by atoms with van der Waals surface area (Å²) in [4.78, 5) is 16.6. The number of hydrogen-bond acceptors (Lipinski definition) is 3. The second kappa shape index (κ2) is 8.79. The maximum Gasteiger partial charge on any atom is 0.275 e. The van der Waals surface area contributed by atoms with Gasteiger partial charge < -0.3 is 10.2 Å². The number of thiophene rings is 2. The first kappa shape index (κ1) is 17.6. The van der Waals surface area contributed by atoms with E-state index in [0.29, 0.717) is 18.5 Å².